The predicted octanol–water partition coefficient (Wildman–Crippen LogP) is 0.825. The van der Waals surface area contributed by atoms with Crippen LogP contribution in [0.3, 0.4) is 0 Å². The lowest BCUT2D eigenvalue weighted by Crippen LogP contribution is -2.00. The summed E-state index contributed by atoms with van der Waals surface area (Å²) in [7, 11) is 0. The summed E-state index contributed by atoms with van der Waals surface area (Å²) in [6.45, 7) is 0.326. The maximum absolute atomic E-state index is 13.1. The Kier molecular flexibility index (Phi) is 1.42. The molecule has 1 aromatic rings. The number of halogens is 1. The molecule has 1 heterocycles. The fraction of sp³-hybridized carbons (Fsp3) is 0.571. The number of hydrogen-bond acceptors (Lipinski definition) is 2. The molecule has 0 spiro atoms. The van der Waals surface area contributed by atoms with Crippen molar-refractivity contribution in [2.24, 2.45) is 5.73 Å². The highest BCUT2D eigenvalue weighted by Crippen LogP contribution is 2.34. The third-order valence-electron chi connectivity index (χ3n) is 2.12. The second-order valence-corrected chi connectivity index (χ2v) is 2.77. The molecule has 4 heteroatoms. The van der Waals surface area contributed by atoms with Crippen LogP contribution in [0.4, 0.5) is 4.39 Å². The summed E-state index contributed by atoms with van der Waals surface area (Å²) < 4.78 is 13.1. The van der Waals surface area contributed by atoms with E-state index in [1.807, 2.05) is 0 Å². The molecule has 0 saturated heterocycles. The van der Waals surface area contributed by atoms with Gasteiger partial charge in [-0.3, -0.25) is 5.10 Å². The number of aryl methyl sites for hydroxylation is 1. The van der Waals surface area contributed by atoms with E-state index in [9.17, 15) is 4.39 Å². The Morgan fingerprint density at radius 3 is 3.27 bits per heavy atom. The van der Waals surface area contributed by atoms with E-state index in [1.54, 1.807) is 0 Å². The van der Waals surface area contributed by atoms with Crippen LogP contribution >= 0.6 is 0 Å². The van der Waals surface area contributed by atoms with Crippen LogP contribution in [0.1, 0.15) is 29.5 Å². The smallest absolute Gasteiger partial charge is 0.129 e. The van der Waals surface area contributed by atoms with Crippen LogP contribution in [-0.4, -0.2) is 10.2 Å². The molecule has 0 fully saturated rings. The third-order valence-corrected chi connectivity index (χ3v) is 2.12. The second kappa shape index (κ2) is 2.30. The van der Waals surface area contributed by atoms with Crippen LogP contribution in [0, 0.1) is 0 Å². The van der Waals surface area contributed by atoms with E-state index in [-0.39, 0.29) is 0 Å². The van der Waals surface area contributed by atoms with Gasteiger partial charge in [0, 0.05) is 17.8 Å². The number of fused-ring (bicyclic) bond motifs is 1. The average molecular weight is 155 g/mol. The lowest BCUT2D eigenvalue weighted by molar-refractivity contribution is 0.341. The van der Waals surface area contributed by atoms with Gasteiger partial charge in [-0.15, -0.1) is 0 Å². The van der Waals surface area contributed by atoms with Crippen molar-refractivity contribution in [2.75, 3.05) is 0 Å². The van der Waals surface area contributed by atoms with E-state index in [1.165, 1.54) is 0 Å². The number of nitrogens with one attached hydrogen (secondary N) is 1. The van der Waals surface area contributed by atoms with Gasteiger partial charge >= 0.3 is 0 Å². The number of rotatable bonds is 1. The highest BCUT2D eigenvalue weighted by molar-refractivity contribution is 5.31. The fourth-order valence-electron chi connectivity index (χ4n) is 1.56. The minimum absolute atomic E-state index is 0.326. The minimum atomic E-state index is -0.845. The second-order valence-electron chi connectivity index (χ2n) is 2.77. The zero-order valence-corrected chi connectivity index (χ0v) is 6.10. The first kappa shape index (κ1) is 6.79. The number of nitrogens with zero attached hydrogens (tertiary/aromatic N) is 1. The van der Waals surface area contributed by atoms with Gasteiger partial charge in [0.25, 0.3) is 0 Å². The van der Waals surface area contributed by atoms with E-state index < -0.39 is 6.17 Å². The van der Waals surface area contributed by atoms with E-state index >= 15 is 0 Å². The Labute approximate surface area is 63.8 Å². The van der Waals surface area contributed by atoms with E-state index in [2.05, 4.69) is 10.2 Å². The van der Waals surface area contributed by atoms with Crippen LogP contribution in [0.25, 0.3) is 0 Å². The Morgan fingerprint density at radius 2 is 2.55 bits per heavy atom. The number of aromatic nitrogens is 2. The summed E-state index contributed by atoms with van der Waals surface area (Å²) in [5.41, 5.74) is 7.71. The largest absolute Gasteiger partial charge is 0.325 e. The molecule has 11 heavy (non-hydrogen) atoms. The molecule has 60 valence electrons. The Bertz CT molecular complexity index is 269. The molecule has 0 aliphatic heterocycles. The van der Waals surface area contributed by atoms with Crippen molar-refractivity contribution in [3.8, 4) is 0 Å². The molecule has 3 nitrogen and oxygen atoms in total. The van der Waals surface area contributed by atoms with Gasteiger partial charge in [0.15, 0.2) is 0 Å². The normalized spacial score (nSPS) is 22.2. The van der Waals surface area contributed by atoms with Crippen LogP contribution in [0.15, 0.2) is 0 Å². The molecule has 1 unspecified atom stereocenters. The predicted molar refractivity (Wildman–Crippen MR) is 38.6 cm³/mol. The van der Waals surface area contributed by atoms with Crippen molar-refractivity contribution in [3.05, 3.63) is 17.0 Å². The van der Waals surface area contributed by atoms with Crippen LogP contribution in [0.5, 0.6) is 0 Å². The van der Waals surface area contributed by atoms with E-state index in [0.717, 1.165) is 12.1 Å². The molecule has 2 rings (SSSR count). The zero-order chi connectivity index (χ0) is 7.84. The number of aromatic amines is 1. The van der Waals surface area contributed by atoms with Crippen molar-refractivity contribution in [3.63, 3.8) is 0 Å². The van der Waals surface area contributed by atoms with Gasteiger partial charge in [0.1, 0.15) is 6.17 Å². The van der Waals surface area contributed by atoms with Gasteiger partial charge in [-0.05, 0) is 12.8 Å². The maximum Gasteiger partial charge on any atom is 0.129 e. The van der Waals surface area contributed by atoms with Gasteiger partial charge in [-0.25, -0.2) is 4.39 Å². The number of H-pyrrole nitrogens is 1. The molecule has 0 amide bonds. The molecule has 1 atom stereocenters. The summed E-state index contributed by atoms with van der Waals surface area (Å²) in [4.78, 5) is 0. The number of nitrogens with two attached hydrogens (primary N) is 1. The maximum atomic E-state index is 13.1. The first-order chi connectivity index (χ1) is 5.33. The molecule has 0 bridgehead atoms. The topological polar surface area (TPSA) is 54.7 Å². The van der Waals surface area contributed by atoms with E-state index in [4.69, 9.17) is 5.73 Å². The first-order valence-electron chi connectivity index (χ1n) is 3.73. The lowest BCUT2D eigenvalue weighted by Gasteiger charge is -1.98. The molecule has 3 N–H and O–H groups in total. The van der Waals surface area contributed by atoms with Gasteiger partial charge in [-0.2, -0.15) is 5.10 Å². The quantitative estimate of drug-likeness (QED) is 0.631. The standard InChI is InChI=1S/C7H10FN3/c8-4-1-2-5-7(4)6(3-9)11-10-5/h4H,1-3,9H2,(H,10,11). The van der Waals surface area contributed by atoms with Crippen LogP contribution < -0.4 is 5.73 Å². The van der Waals surface area contributed by atoms with Crippen LogP contribution in [0.2, 0.25) is 0 Å². The van der Waals surface area contributed by atoms with Gasteiger partial charge in [0.2, 0.25) is 0 Å². The van der Waals surface area contributed by atoms with Crippen molar-refractivity contribution in [2.45, 2.75) is 25.6 Å². The Morgan fingerprint density at radius 1 is 1.73 bits per heavy atom. The number of hydrogen-bond donors (Lipinski definition) is 2. The molecular formula is C7H10FN3. The molecular weight excluding hydrogens is 145 g/mol. The minimum Gasteiger partial charge on any atom is -0.325 e. The molecule has 0 aromatic carbocycles. The molecule has 1 aliphatic carbocycles. The highest BCUT2D eigenvalue weighted by atomic mass is 19.1. The van der Waals surface area contributed by atoms with Crippen molar-refractivity contribution < 1.29 is 4.39 Å². The third kappa shape index (κ3) is 0.860. The molecule has 0 radical (unpaired) electrons. The summed E-state index contributed by atoms with van der Waals surface area (Å²) in [5.74, 6) is 0. The van der Waals surface area contributed by atoms with Crippen molar-refractivity contribution in [1.82, 2.24) is 10.2 Å². The molecule has 1 aliphatic rings. The zero-order valence-electron chi connectivity index (χ0n) is 6.10. The SMILES string of the molecule is NCc1n[nH]c2c1C(F)CC2. The summed E-state index contributed by atoms with van der Waals surface area (Å²) in [6, 6.07) is 0. The van der Waals surface area contributed by atoms with Gasteiger partial charge < -0.3 is 5.73 Å². The van der Waals surface area contributed by atoms with Crippen molar-refractivity contribution >= 4 is 0 Å². The Balaban J connectivity index is 2.46. The lowest BCUT2D eigenvalue weighted by atomic mass is 10.2. The summed E-state index contributed by atoms with van der Waals surface area (Å²) in [6.07, 6.45) is 0.502. The summed E-state index contributed by atoms with van der Waals surface area (Å²) >= 11 is 0. The van der Waals surface area contributed by atoms with Crippen molar-refractivity contribution in [1.29, 1.82) is 0 Å². The highest BCUT2D eigenvalue weighted by Gasteiger charge is 2.27. The van der Waals surface area contributed by atoms with E-state index in [0.29, 0.717) is 24.2 Å². The van der Waals surface area contributed by atoms with Gasteiger partial charge in [-0.1, -0.05) is 0 Å². The molecule has 0 saturated carbocycles. The summed E-state index contributed by atoms with van der Waals surface area (Å²) in [5, 5.41) is 6.71. The Hall–Kier alpha value is -0.900. The average Bonchev–Trinajstić information content (AvgIpc) is 2.54. The monoisotopic (exact) mass is 155 g/mol. The van der Waals surface area contributed by atoms with Gasteiger partial charge in [0.05, 0.1) is 5.69 Å². The first-order valence-corrected chi connectivity index (χ1v) is 3.73. The number of alkyl halides is 1. The van der Waals surface area contributed by atoms with Crippen LogP contribution in [-0.2, 0) is 13.0 Å². The molecule has 1 aromatic heterocycles. The fourth-order valence-corrected chi connectivity index (χ4v) is 1.56.